The summed E-state index contributed by atoms with van der Waals surface area (Å²) in [6, 6.07) is -0.638. The van der Waals surface area contributed by atoms with Gasteiger partial charge in [-0.3, -0.25) is 4.79 Å². The van der Waals surface area contributed by atoms with Gasteiger partial charge in [-0.2, -0.15) is 0 Å². The summed E-state index contributed by atoms with van der Waals surface area (Å²) in [5, 5.41) is 23.1. The van der Waals surface area contributed by atoms with Crippen molar-refractivity contribution < 1.29 is 15.0 Å². The molecule has 0 radical (unpaired) electrons. The molecule has 378 valence electrons. The minimum atomic E-state index is -0.861. The summed E-state index contributed by atoms with van der Waals surface area (Å²) in [5.74, 6) is -0.0685. The van der Waals surface area contributed by atoms with E-state index in [2.05, 4.69) is 43.5 Å². The van der Waals surface area contributed by atoms with E-state index in [1.807, 2.05) is 6.08 Å². The van der Waals surface area contributed by atoms with E-state index in [9.17, 15) is 15.0 Å². The van der Waals surface area contributed by atoms with Gasteiger partial charge in [0, 0.05) is 6.42 Å². The third-order valence-electron chi connectivity index (χ3n) is 13.6. The van der Waals surface area contributed by atoms with Crippen molar-refractivity contribution in [1.82, 2.24) is 5.32 Å². The number of hydrogen-bond donors (Lipinski definition) is 3. The van der Waals surface area contributed by atoms with E-state index >= 15 is 0 Å². The molecule has 0 bridgehead atoms. The molecule has 4 heteroatoms. The molecule has 0 aliphatic carbocycles. The molecule has 3 N–H and O–H groups in total. The SMILES string of the molecule is CCCCCCCCCCCCCC/C=C\CCCCCCCCCCCCCCCCCCCC(=O)NC(CO)C(O)/C=C/CC/C=C/CCCCCCCCCCCCCCC. The Morgan fingerprint density at radius 1 is 0.359 bits per heavy atom. The van der Waals surface area contributed by atoms with Crippen LogP contribution < -0.4 is 5.32 Å². The second-order valence-corrected chi connectivity index (χ2v) is 20.1. The maximum absolute atomic E-state index is 12.5. The third kappa shape index (κ3) is 51.6. The van der Waals surface area contributed by atoms with E-state index in [0.717, 1.165) is 32.1 Å². The third-order valence-corrected chi connectivity index (χ3v) is 13.6. The zero-order valence-corrected chi connectivity index (χ0v) is 43.6. The van der Waals surface area contributed by atoms with Crippen LogP contribution in [0.2, 0.25) is 0 Å². The molecule has 0 aromatic heterocycles. The molecular formula is C60H115NO3. The van der Waals surface area contributed by atoms with Crippen LogP contribution in [0, 0.1) is 0 Å². The first-order valence-electron chi connectivity index (χ1n) is 29.2. The molecule has 4 nitrogen and oxygen atoms in total. The van der Waals surface area contributed by atoms with Gasteiger partial charge in [0.2, 0.25) is 5.91 Å². The highest BCUT2D eigenvalue weighted by Gasteiger charge is 2.18. The average molecular weight is 899 g/mol. The number of rotatable bonds is 54. The minimum absolute atomic E-state index is 0.0685. The summed E-state index contributed by atoms with van der Waals surface area (Å²) in [6.07, 6.45) is 76.1. The van der Waals surface area contributed by atoms with E-state index in [1.165, 1.54) is 270 Å². The normalized spacial score (nSPS) is 13.0. The summed E-state index contributed by atoms with van der Waals surface area (Å²) in [4.78, 5) is 12.5. The van der Waals surface area contributed by atoms with Crippen molar-refractivity contribution in [1.29, 1.82) is 0 Å². The number of carbonyl (C=O) groups excluding carboxylic acids is 1. The van der Waals surface area contributed by atoms with Crippen molar-refractivity contribution in [3.8, 4) is 0 Å². The summed E-state index contributed by atoms with van der Waals surface area (Å²) in [6.45, 7) is 4.33. The molecule has 0 saturated carbocycles. The summed E-state index contributed by atoms with van der Waals surface area (Å²) < 4.78 is 0. The molecular weight excluding hydrogens is 783 g/mol. The lowest BCUT2D eigenvalue weighted by molar-refractivity contribution is -0.123. The number of aliphatic hydroxyl groups is 2. The van der Waals surface area contributed by atoms with Crippen LogP contribution in [0.3, 0.4) is 0 Å². The molecule has 0 aliphatic heterocycles. The van der Waals surface area contributed by atoms with Gasteiger partial charge in [-0.05, 0) is 57.8 Å². The second-order valence-electron chi connectivity index (χ2n) is 20.1. The van der Waals surface area contributed by atoms with Crippen molar-refractivity contribution in [3.63, 3.8) is 0 Å². The maximum Gasteiger partial charge on any atom is 0.220 e. The van der Waals surface area contributed by atoms with Crippen molar-refractivity contribution in [2.75, 3.05) is 6.61 Å². The van der Waals surface area contributed by atoms with Crippen molar-refractivity contribution in [2.24, 2.45) is 0 Å². The molecule has 0 spiro atoms. The van der Waals surface area contributed by atoms with Crippen LogP contribution in [0.25, 0.3) is 0 Å². The second kappa shape index (κ2) is 55.9. The van der Waals surface area contributed by atoms with Gasteiger partial charge in [0.25, 0.3) is 0 Å². The topological polar surface area (TPSA) is 69.6 Å². The van der Waals surface area contributed by atoms with Crippen LogP contribution in [-0.4, -0.2) is 34.9 Å². The Hall–Kier alpha value is -1.39. The molecule has 0 fully saturated rings. The Morgan fingerprint density at radius 3 is 0.906 bits per heavy atom. The summed E-state index contributed by atoms with van der Waals surface area (Å²) in [5.41, 5.74) is 0. The fraction of sp³-hybridized carbons (Fsp3) is 0.883. The lowest BCUT2D eigenvalue weighted by atomic mass is 10.0. The smallest absolute Gasteiger partial charge is 0.220 e. The number of carbonyl (C=O) groups is 1. The van der Waals surface area contributed by atoms with E-state index < -0.39 is 12.1 Å². The molecule has 2 unspecified atom stereocenters. The van der Waals surface area contributed by atoms with E-state index in [1.54, 1.807) is 6.08 Å². The van der Waals surface area contributed by atoms with Gasteiger partial charge in [-0.1, -0.05) is 294 Å². The van der Waals surface area contributed by atoms with Crippen LogP contribution in [0.15, 0.2) is 36.5 Å². The van der Waals surface area contributed by atoms with Crippen molar-refractivity contribution in [2.45, 2.75) is 334 Å². The first kappa shape index (κ1) is 62.6. The number of hydrogen-bond acceptors (Lipinski definition) is 3. The standard InChI is InChI=1S/C60H115NO3/c1-3-5-7-9-11-13-15-17-19-21-23-24-25-26-27-28-29-30-31-32-33-34-35-36-38-40-42-44-46-48-50-52-54-56-60(64)61-58(57-62)59(63)55-53-51-49-47-45-43-41-39-37-22-20-18-16-14-12-10-8-6-4-2/h26-27,45,47,53,55,58-59,62-63H,3-25,28-44,46,48-52,54,56-57H2,1-2H3,(H,61,64)/b27-26-,47-45+,55-53+. The zero-order valence-electron chi connectivity index (χ0n) is 43.6. The Labute approximate surface area is 402 Å². The number of unbranched alkanes of at least 4 members (excludes halogenated alkanes) is 43. The quantitative estimate of drug-likeness (QED) is 0.0421. The van der Waals surface area contributed by atoms with Crippen LogP contribution >= 0.6 is 0 Å². The van der Waals surface area contributed by atoms with Gasteiger partial charge in [0.1, 0.15) is 0 Å². The number of nitrogens with one attached hydrogen (secondary N) is 1. The predicted octanol–water partition coefficient (Wildman–Crippen LogP) is 19.3. The number of amides is 1. The zero-order chi connectivity index (χ0) is 46.3. The molecule has 64 heavy (non-hydrogen) atoms. The largest absolute Gasteiger partial charge is 0.394 e. The summed E-state index contributed by atoms with van der Waals surface area (Å²) >= 11 is 0. The van der Waals surface area contributed by atoms with Crippen LogP contribution in [0.1, 0.15) is 322 Å². The number of aliphatic hydroxyl groups excluding tert-OH is 2. The highest BCUT2D eigenvalue weighted by molar-refractivity contribution is 5.76. The fourth-order valence-electron chi connectivity index (χ4n) is 9.13. The van der Waals surface area contributed by atoms with Gasteiger partial charge >= 0.3 is 0 Å². The average Bonchev–Trinajstić information content (AvgIpc) is 3.30. The van der Waals surface area contributed by atoms with Crippen molar-refractivity contribution >= 4 is 5.91 Å². The van der Waals surface area contributed by atoms with Gasteiger partial charge in [-0.25, -0.2) is 0 Å². The summed E-state index contributed by atoms with van der Waals surface area (Å²) in [7, 11) is 0. The molecule has 0 rings (SSSR count). The van der Waals surface area contributed by atoms with E-state index in [0.29, 0.717) is 6.42 Å². The molecule has 2 atom stereocenters. The maximum atomic E-state index is 12.5. The van der Waals surface area contributed by atoms with Crippen LogP contribution in [0.4, 0.5) is 0 Å². The first-order chi connectivity index (χ1) is 31.7. The van der Waals surface area contributed by atoms with Gasteiger partial charge in [0.15, 0.2) is 0 Å². The Kier molecular flexibility index (Phi) is 54.7. The van der Waals surface area contributed by atoms with Crippen LogP contribution in [-0.2, 0) is 4.79 Å². The molecule has 0 aromatic rings. The highest BCUT2D eigenvalue weighted by atomic mass is 16.3. The lowest BCUT2D eigenvalue weighted by Gasteiger charge is -2.19. The molecule has 0 saturated heterocycles. The van der Waals surface area contributed by atoms with Crippen molar-refractivity contribution in [3.05, 3.63) is 36.5 Å². The predicted molar refractivity (Wildman–Crippen MR) is 285 cm³/mol. The van der Waals surface area contributed by atoms with Gasteiger partial charge in [-0.15, -0.1) is 0 Å². The molecule has 0 aliphatic rings. The molecule has 0 aromatic carbocycles. The van der Waals surface area contributed by atoms with Gasteiger partial charge in [0.05, 0.1) is 18.8 Å². The van der Waals surface area contributed by atoms with E-state index in [-0.39, 0.29) is 12.5 Å². The van der Waals surface area contributed by atoms with Gasteiger partial charge < -0.3 is 15.5 Å². The Bertz CT molecular complexity index is 974. The molecule has 0 heterocycles. The molecule has 1 amide bonds. The number of allylic oxidation sites excluding steroid dienone is 5. The monoisotopic (exact) mass is 898 g/mol. The minimum Gasteiger partial charge on any atom is -0.394 e. The Morgan fingerprint density at radius 2 is 0.609 bits per heavy atom. The first-order valence-corrected chi connectivity index (χ1v) is 29.2. The fourth-order valence-corrected chi connectivity index (χ4v) is 9.13. The van der Waals surface area contributed by atoms with Crippen LogP contribution in [0.5, 0.6) is 0 Å². The lowest BCUT2D eigenvalue weighted by Crippen LogP contribution is -2.45. The Balaban J connectivity index is 3.46. The van der Waals surface area contributed by atoms with E-state index in [4.69, 9.17) is 0 Å². The highest BCUT2D eigenvalue weighted by Crippen LogP contribution is 2.17.